The zero-order chi connectivity index (χ0) is 24.4. The van der Waals surface area contributed by atoms with Gasteiger partial charge in [-0.1, -0.05) is 12.2 Å². The molecule has 1 saturated carbocycles. The number of alkyl halides is 3. The fourth-order valence-corrected chi connectivity index (χ4v) is 5.82. The summed E-state index contributed by atoms with van der Waals surface area (Å²) in [7, 11) is 0. The highest BCUT2D eigenvalue weighted by Gasteiger charge is 2.61. The monoisotopic (exact) mass is 473 g/mol. The van der Waals surface area contributed by atoms with Gasteiger partial charge in [-0.3, -0.25) is 14.6 Å². The Kier molecular flexibility index (Phi) is 5.15. The summed E-state index contributed by atoms with van der Waals surface area (Å²) >= 11 is 0. The molecular weight excluding hydrogens is 447 g/mol. The highest BCUT2D eigenvalue weighted by atomic mass is 19.4. The highest BCUT2D eigenvalue weighted by molar-refractivity contribution is 5.88. The summed E-state index contributed by atoms with van der Waals surface area (Å²) < 4.78 is 41.8. The third-order valence-electron chi connectivity index (χ3n) is 7.64. The number of amides is 1. The van der Waals surface area contributed by atoms with E-state index in [4.69, 9.17) is 0 Å². The Hall–Kier alpha value is -3.10. The molecule has 3 aliphatic rings. The standard InChI is InChI=1S/C25H26F3N3O3/c1-14-3-4-15(2)31(14)18-5-7-24(11-18,20-10-19(20)22(32)33)23(34)30-8-6-21-16(13-30)9-17(12-29-21)25(26,27)28/h3-5,7,9,12,18-20H,6,8,10-11,13H2,1-2H3,(H,32,33)/t18-,19?,20?,24+/m1/s1. The Morgan fingerprint density at radius 2 is 1.91 bits per heavy atom. The van der Waals surface area contributed by atoms with E-state index in [-0.39, 0.29) is 24.4 Å². The van der Waals surface area contributed by atoms with Gasteiger partial charge in [-0.15, -0.1) is 0 Å². The van der Waals surface area contributed by atoms with Gasteiger partial charge in [-0.25, -0.2) is 0 Å². The predicted octanol–water partition coefficient (Wildman–Crippen LogP) is 4.31. The van der Waals surface area contributed by atoms with Gasteiger partial charge >= 0.3 is 12.1 Å². The normalized spacial score (nSPS) is 28.1. The molecule has 1 amide bonds. The van der Waals surface area contributed by atoms with E-state index < -0.39 is 29.0 Å². The number of halogens is 3. The molecule has 1 fully saturated rings. The smallest absolute Gasteiger partial charge is 0.417 e. The van der Waals surface area contributed by atoms with E-state index in [0.717, 1.165) is 23.7 Å². The van der Waals surface area contributed by atoms with Crippen LogP contribution in [0.3, 0.4) is 0 Å². The third kappa shape index (κ3) is 3.61. The van der Waals surface area contributed by atoms with Crippen LogP contribution in [0.15, 0.2) is 36.5 Å². The number of hydrogen-bond acceptors (Lipinski definition) is 3. The van der Waals surface area contributed by atoms with Gasteiger partial charge in [-0.2, -0.15) is 13.2 Å². The van der Waals surface area contributed by atoms with E-state index in [1.54, 1.807) is 4.90 Å². The molecule has 6 nitrogen and oxygen atoms in total. The first-order valence-electron chi connectivity index (χ1n) is 11.4. The SMILES string of the molecule is Cc1ccc(C)n1[C@@H]1C=C[C@@](C(=O)N2CCc3ncc(C(F)(F)F)cc3C2)(C2CC2C(=O)O)C1. The second-order valence-corrected chi connectivity index (χ2v) is 9.75. The van der Waals surface area contributed by atoms with Crippen LogP contribution in [0.1, 0.15) is 47.1 Å². The van der Waals surface area contributed by atoms with Crippen molar-refractivity contribution in [2.75, 3.05) is 6.54 Å². The molecule has 180 valence electrons. The first-order valence-corrected chi connectivity index (χ1v) is 11.4. The zero-order valence-corrected chi connectivity index (χ0v) is 19.0. The lowest BCUT2D eigenvalue weighted by atomic mass is 9.78. The average molecular weight is 473 g/mol. The lowest BCUT2D eigenvalue weighted by Crippen LogP contribution is -2.46. The molecule has 2 unspecified atom stereocenters. The largest absolute Gasteiger partial charge is 0.481 e. The number of carboxylic acids is 1. The average Bonchev–Trinajstić information content (AvgIpc) is 3.39. The second-order valence-electron chi connectivity index (χ2n) is 9.75. The minimum atomic E-state index is -4.51. The van der Waals surface area contributed by atoms with Crippen molar-refractivity contribution in [1.29, 1.82) is 0 Å². The number of aryl methyl sites for hydroxylation is 2. The number of aromatic nitrogens is 2. The number of allylic oxidation sites excluding steroid dienone is 1. The van der Waals surface area contributed by atoms with Crippen molar-refractivity contribution in [3.8, 4) is 0 Å². The first-order chi connectivity index (χ1) is 16.0. The molecule has 34 heavy (non-hydrogen) atoms. The van der Waals surface area contributed by atoms with Crippen LogP contribution in [0.5, 0.6) is 0 Å². The Labute approximate surface area is 195 Å². The van der Waals surface area contributed by atoms with Crippen molar-refractivity contribution in [2.45, 2.75) is 51.9 Å². The van der Waals surface area contributed by atoms with Gasteiger partial charge in [-0.05, 0) is 56.4 Å². The number of carbonyl (C=O) groups is 2. The van der Waals surface area contributed by atoms with Crippen molar-refractivity contribution >= 4 is 11.9 Å². The van der Waals surface area contributed by atoms with Crippen LogP contribution in [0, 0.1) is 31.1 Å². The van der Waals surface area contributed by atoms with Gasteiger partial charge in [0, 0.05) is 42.8 Å². The van der Waals surface area contributed by atoms with Gasteiger partial charge < -0.3 is 14.6 Å². The molecule has 0 spiro atoms. The number of rotatable bonds is 4. The Morgan fingerprint density at radius 3 is 2.53 bits per heavy atom. The summed E-state index contributed by atoms with van der Waals surface area (Å²) in [6.45, 7) is 4.37. The van der Waals surface area contributed by atoms with Gasteiger partial charge in [0.15, 0.2) is 0 Å². The number of nitrogens with zero attached hydrogens (tertiary/aromatic N) is 3. The molecule has 2 aromatic heterocycles. The summed E-state index contributed by atoms with van der Waals surface area (Å²) in [4.78, 5) is 31.3. The maximum absolute atomic E-state index is 14.0. The van der Waals surface area contributed by atoms with Gasteiger partial charge in [0.1, 0.15) is 0 Å². The molecule has 2 aliphatic carbocycles. The summed E-state index contributed by atoms with van der Waals surface area (Å²) in [5.41, 5.74) is 1.26. The number of fused-ring (bicyclic) bond motifs is 1. The summed E-state index contributed by atoms with van der Waals surface area (Å²) in [6, 6.07) is 5.01. The van der Waals surface area contributed by atoms with Crippen LogP contribution in [0.25, 0.3) is 0 Å². The lowest BCUT2D eigenvalue weighted by molar-refractivity contribution is -0.143. The molecule has 0 radical (unpaired) electrons. The topological polar surface area (TPSA) is 75.4 Å². The van der Waals surface area contributed by atoms with E-state index in [2.05, 4.69) is 9.55 Å². The second kappa shape index (κ2) is 7.71. The van der Waals surface area contributed by atoms with Crippen molar-refractivity contribution < 1.29 is 27.9 Å². The minimum absolute atomic E-state index is 0.0391. The summed E-state index contributed by atoms with van der Waals surface area (Å²) in [5.74, 6) is -2.03. The van der Waals surface area contributed by atoms with Crippen LogP contribution < -0.4 is 0 Å². The number of aliphatic carboxylic acids is 1. The molecule has 2 aromatic rings. The molecule has 5 rings (SSSR count). The highest BCUT2D eigenvalue weighted by Crippen LogP contribution is 2.59. The quantitative estimate of drug-likeness (QED) is 0.672. The van der Waals surface area contributed by atoms with Gasteiger partial charge in [0.25, 0.3) is 0 Å². The lowest BCUT2D eigenvalue weighted by Gasteiger charge is -2.37. The fraction of sp³-hybridized carbons (Fsp3) is 0.480. The molecule has 0 aromatic carbocycles. The van der Waals surface area contributed by atoms with Gasteiger partial charge in [0.2, 0.25) is 5.91 Å². The molecule has 1 aliphatic heterocycles. The van der Waals surface area contributed by atoms with E-state index >= 15 is 0 Å². The Balaban J connectivity index is 1.45. The Bertz CT molecular complexity index is 1180. The number of carbonyl (C=O) groups excluding carboxylic acids is 1. The van der Waals surface area contributed by atoms with Gasteiger partial charge in [0.05, 0.1) is 22.9 Å². The van der Waals surface area contributed by atoms with E-state index in [0.29, 0.717) is 37.1 Å². The van der Waals surface area contributed by atoms with Crippen molar-refractivity contribution in [1.82, 2.24) is 14.5 Å². The van der Waals surface area contributed by atoms with Crippen LogP contribution >= 0.6 is 0 Å². The van der Waals surface area contributed by atoms with E-state index in [9.17, 15) is 27.9 Å². The number of carboxylic acid groups (broad SMARTS) is 1. The molecule has 1 N–H and O–H groups in total. The molecular formula is C25H26F3N3O3. The van der Waals surface area contributed by atoms with Crippen LogP contribution in [-0.2, 0) is 28.7 Å². The van der Waals surface area contributed by atoms with Crippen molar-refractivity contribution in [3.63, 3.8) is 0 Å². The van der Waals surface area contributed by atoms with E-state index in [1.807, 2.05) is 38.1 Å². The molecule has 4 atom stereocenters. The minimum Gasteiger partial charge on any atom is -0.481 e. The first kappa shape index (κ1) is 22.7. The van der Waals surface area contributed by atoms with Crippen molar-refractivity contribution in [3.05, 3.63) is 64.8 Å². The number of hydrogen-bond donors (Lipinski definition) is 1. The summed E-state index contributed by atoms with van der Waals surface area (Å²) in [5, 5.41) is 9.60. The molecule has 0 bridgehead atoms. The molecule has 3 heterocycles. The van der Waals surface area contributed by atoms with Crippen LogP contribution in [-0.4, -0.2) is 38.0 Å². The van der Waals surface area contributed by atoms with E-state index in [1.165, 1.54) is 0 Å². The number of pyridine rings is 1. The van der Waals surface area contributed by atoms with Crippen molar-refractivity contribution in [2.24, 2.45) is 17.3 Å². The molecule has 9 heteroatoms. The maximum Gasteiger partial charge on any atom is 0.417 e. The Morgan fingerprint density at radius 1 is 1.21 bits per heavy atom. The fourth-order valence-electron chi connectivity index (χ4n) is 5.82. The predicted molar refractivity (Wildman–Crippen MR) is 117 cm³/mol. The maximum atomic E-state index is 14.0. The zero-order valence-electron chi connectivity index (χ0n) is 19.0. The third-order valence-corrected chi connectivity index (χ3v) is 7.64. The summed E-state index contributed by atoms with van der Waals surface area (Å²) in [6.07, 6.45) is 1.42. The molecule has 0 saturated heterocycles. The van der Waals surface area contributed by atoms with Crippen LogP contribution in [0.4, 0.5) is 13.2 Å². The van der Waals surface area contributed by atoms with Crippen LogP contribution in [0.2, 0.25) is 0 Å².